The molecule has 0 bridgehead atoms. The predicted molar refractivity (Wildman–Crippen MR) is 104 cm³/mol. The lowest BCUT2D eigenvalue weighted by Crippen LogP contribution is -2.09. The van der Waals surface area contributed by atoms with Crippen LogP contribution in [-0.2, 0) is 18.0 Å². The maximum atomic E-state index is 12.5. The van der Waals surface area contributed by atoms with Gasteiger partial charge in [-0.1, -0.05) is 60.7 Å². The summed E-state index contributed by atoms with van der Waals surface area (Å²) >= 11 is 0. The van der Waals surface area contributed by atoms with Crippen molar-refractivity contribution in [3.8, 4) is 11.5 Å². The minimum absolute atomic E-state index is 0.172. The molecule has 0 aliphatic carbocycles. The minimum atomic E-state index is -0.511. The first-order chi connectivity index (χ1) is 13.2. The highest BCUT2D eigenvalue weighted by molar-refractivity contribution is 5.96. The second kappa shape index (κ2) is 8.76. The van der Waals surface area contributed by atoms with E-state index < -0.39 is 5.97 Å². The van der Waals surface area contributed by atoms with Crippen LogP contribution in [0.25, 0.3) is 0 Å². The molecule has 3 aromatic rings. The summed E-state index contributed by atoms with van der Waals surface area (Å²) in [5.41, 5.74) is 8.43. The van der Waals surface area contributed by atoms with Crippen LogP contribution in [0.5, 0.6) is 11.5 Å². The van der Waals surface area contributed by atoms with Crippen LogP contribution in [0.1, 0.15) is 21.5 Å². The number of ether oxygens (including phenoxy) is 3. The Bertz CT molecular complexity index is 895. The molecule has 3 aromatic carbocycles. The molecule has 2 N–H and O–H groups in total. The summed E-state index contributed by atoms with van der Waals surface area (Å²) in [6, 6.07) is 22.3. The Hall–Kier alpha value is -3.47. The van der Waals surface area contributed by atoms with Gasteiger partial charge >= 0.3 is 5.97 Å². The number of esters is 1. The number of benzene rings is 3. The topological polar surface area (TPSA) is 70.8 Å². The Labute approximate surface area is 158 Å². The Kier molecular flexibility index (Phi) is 5.94. The summed E-state index contributed by atoms with van der Waals surface area (Å²) in [5, 5.41) is 0. The fraction of sp³-hybridized carbons (Fsp3) is 0.136. The predicted octanol–water partition coefficient (Wildman–Crippen LogP) is 4.21. The normalized spacial score (nSPS) is 10.3. The van der Waals surface area contributed by atoms with Crippen molar-refractivity contribution in [2.75, 3.05) is 12.8 Å². The summed E-state index contributed by atoms with van der Waals surface area (Å²) in [4.78, 5) is 12.5. The number of nitrogens with two attached hydrogens (primary N) is 1. The molecule has 5 nitrogen and oxygen atoms in total. The summed E-state index contributed by atoms with van der Waals surface area (Å²) in [6.07, 6.45) is 0. The van der Waals surface area contributed by atoms with E-state index in [9.17, 15) is 4.79 Å². The molecular formula is C22H21NO4. The molecular weight excluding hydrogens is 342 g/mol. The molecule has 0 aliphatic heterocycles. The Morgan fingerprint density at radius 2 is 1.44 bits per heavy atom. The van der Waals surface area contributed by atoms with Crippen molar-refractivity contribution in [1.29, 1.82) is 0 Å². The summed E-state index contributed by atoms with van der Waals surface area (Å²) < 4.78 is 16.5. The first kappa shape index (κ1) is 18.3. The Morgan fingerprint density at radius 1 is 0.852 bits per heavy atom. The number of rotatable bonds is 7. The van der Waals surface area contributed by atoms with Crippen molar-refractivity contribution in [1.82, 2.24) is 0 Å². The van der Waals surface area contributed by atoms with E-state index in [0.717, 1.165) is 11.1 Å². The number of carbonyl (C=O) groups is 1. The van der Waals surface area contributed by atoms with Gasteiger partial charge in [0.25, 0.3) is 0 Å². The lowest BCUT2D eigenvalue weighted by molar-refractivity contribution is 0.0473. The average molecular weight is 363 g/mol. The number of hydrogen-bond acceptors (Lipinski definition) is 5. The molecule has 0 heterocycles. The fourth-order valence-electron chi connectivity index (χ4n) is 2.56. The van der Waals surface area contributed by atoms with Gasteiger partial charge in [-0.3, -0.25) is 0 Å². The molecule has 0 unspecified atom stereocenters. The standard InChI is InChI=1S/C22H21NO4/c1-25-20-13-19(23)18(22(24)27-15-17-10-6-3-7-11-17)12-21(20)26-14-16-8-4-2-5-9-16/h2-13H,14-15,23H2,1H3. The van der Waals surface area contributed by atoms with E-state index in [1.165, 1.54) is 7.11 Å². The van der Waals surface area contributed by atoms with Gasteiger partial charge in [-0.05, 0) is 11.1 Å². The summed E-state index contributed by atoms with van der Waals surface area (Å²) in [6.45, 7) is 0.519. The quantitative estimate of drug-likeness (QED) is 0.503. The largest absolute Gasteiger partial charge is 0.493 e. The number of anilines is 1. The van der Waals surface area contributed by atoms with Crippen molar-refractivity contribution >= 4 is 11.7 Å². The Morgan fingerprint density at radius 3 is 2.04 bits per heavy atom. The molecule has 0 atom stereocenters. The van der Waals surface area contributed by atoms with Gasteiger partial charge in [-0.2, -0.15) is 0 Å². The second-order valence-electron chi connectivity index (χ2n) is 5.93. The third-order valence-electron chi connectivity index (χ3n) is 4.01. The van der Waals surface area contributed by atoms with Crippen LogP contribution < -0.4 is 15.2 Å². The molecule has 3 rings (SSSR count). The molecule has 0 radical (unpaired) electrons. The van der Waals surface area contributed by atoms with Crippen LogP contribution in [0.2, 0.25) is 0 Å². The van der Waals surface area contributed by atoms with Crippen LogP contribution in [-0.4, -0.2) is 13.1 Å². The van der Waals surface area contributed by atoms with Crippen molar-refractivity contribution in [3.63, 3.8) is 0 Å². The van der Waals surface area contributed by atoms with Crippen molar-refractivity contribution in [3.05, 3.63) is 89.5 Å². The molecule has 0 aromatic heterocycles. The van der Waals surface area contributed by atoms with E-state index in [1.807, 2.05) is 60.7 Å². The maximum absolute atomic E-state index is 12.5. The Balaban J connectivity index is 1.75. The lowest BCUT2D eigenvalue weighted by Gasteiger charge is -2.14. The van der Waals surface area contributed by atoms with Crippen LogP contribution in [0.3, 0.4) is 0 Å². The number of methoxy groups -OCH3 is 1. The molecule has 0 fully saturated rings. The molecule has 27 heavy (non-hydrogen) atoms. The zero-order valence-electron chi connectivity index (χ0n) is 15.1. The van der Waals surface area contributed by atoms with Gasteiger partial charge in [0.1, 0.15) is 13.2 Å². The first-order valence-electron chi connectivity index (χ1n) is 8.52. The SMILES string of the molecule is COc1cc(N)c(C(=O)OCc2ccccc2)cc1OCc1ccccc1. The number of hydrogen-bond donors (Lipinski definition) is 1. The van der Waals surface area contributed by atoms with Gasteiger partial charge in [-0.15, -0.1) is 0 Å². The van der Waals surface area contributed by atoms with Gasteiger partial charge in [-0.25, -0.2) is 4.79 Å². The molecule has 0 saturated carbocycles. The first-order valence-corrected chi connectivity index (χ1v) is 8.52. The molecule has 5 heteroatoms. The van der Waals surface area contributed by atoms with Gasteiger partial charge in [0.15, 0.2) is 11.5 Å². The highest BCUT2D eigenvalue weighted by Crippen LogP contribution is 2.33. The van der Waals surface area contributed by atoms with Crippen LogP contribution in [0.15, 0.2) is 72.8 Å². The van der Waals surface area contributed by atoms with Crippen LogP contribution >= 0.6 is 0 Å². The molecule has 0 saturated heterocycles. The lowest BCUT2D eigenvalue weighted by atomic mass is 10.1. The molecule has 0 aliphatic rings. The van der Waals surface area contributed by atoms with Crippen LogP contribution in [0.4, 0.5) is 5.69 Å². The number of nitrogen functional groups attached to an aromatic ring is 1. The van der Waals surface area contributed by atoms with Gasteiger partial charge in [0, 0.05) is 12.1 Å². The molecule has 0 spiro atoms. The van der Waals surface area contributed by atoms with E-state index in [2.05, 4.69) is 0 Å². The third-order valence-corrected chi connectivity index (χ3v) is 4.01. The molecule has 138 valence electrons. The van der Waals surface area contributed by atoms with E-state index >= 15 is 0 Å². The van der Waals surface area contributed by atoms with E-state index in [0.29, 0.717) is 18.1 Å². The van der Waals surface area contributed by atoms with Crippen LogP contribution in [0, 0.1) is 0 Å². The summed E-state index contributed by atoms with van der Waals surface area (Å²) in [7, 11) is 1.53. The highest BCUT2D eigenvalue weighted by Gasteiger charge is 2.17. The highest BCUT2D eigenvalue weighted by atomic mass is 16.5. The monoisotopic (exact) mass is 363 g/mol. The van der Waals surface area contributed by atoms with Gasteiger partial charge < -0.3 is 19.9 Å². The fourth-order valence-corrected chi connectivity index (χ4v) is 2.56. The van der Waals surface area contributed by atoms with Gasteiger partial charge in [0.2, 0.25) is 0 Å². The number of carbonyl (C=O) groups excluding carboxylic acids is 1. The van der Waals surface area contributed by atoms with E-state index in [4.69, 9.17) is 19.9 Å². The summed E-state index contributed by atoms with van der Waals surface area (Å²) in [5.74, 6) is 0.383. The molecule has 0 amide bonds. The maximum Gasteiger partial charge on any atom is 0.340 e. The zero-order chi connectivity index (χ0) is 19.1. The zero-order valence-corrected chi connectivity index (χ0v) is 15.1. The smallest absolute Gasteiger partial charge is 0.340 e. The van der Waals surface area contributed by atoms with E-state index in [-0.39, 0.29) is 17.9 Å². The van der Waals surface area contributed by atoms with Crippen molar-refractivity contribution < 1.29 is 19.0 Å². The second-order valence-corrected chi connectivity index (χ2v) is 5.93. The van der Waals surface area contributed by atoms with Crippen molar-refractivity contribution in [2.45, 2.75) is 13.2 Å². The van der Waals surface area contributed by atoms with Gasteiger partial charge in [0.05, 0.1) is 18.4 Å². The average Bonchev–Trinajstić information content (AvgIpc) is 2.72. The third kappa shape index (κ3) is 4.79. The van der Waals surface area contributed by atoms with E-state index in [1.54, 1.807) is 12.1 Å². The van der Waals surface area contributed by atoms with Crippen molar-refractivity contribution in [2.24, 2.45) is 0 Å². The minimum Gasteiger partial charge on any atom is -0.493 e.